The smallest absolute Gasteiger partial charge is 0.154 e. The maximum Gasteiger partial charge on any atom is 0.154 e. The van der Waals surface area contributed by atoms with Crippen LogP contribution in [0.5, 0.6) is 0 Å². The molecule has 0 N–H and O–H groups in total. The van der Waals surface area contributed by atoms with E-state index >= 15 is 4.39 Å². The molecule has 5 heterocycles. The predicted molar refractivity (Wildman–Crippen MR) is 179 cm³/mol. The van der Waals surface area contributed by atoms with Gasteiger partial charge in [0.2, 0.25) is 0 Å². The molecule has 6 heteroatoms. The van der Waals surface area contributed by atoms with Crippen molar-refractivity contribution in [2.45, 2.75) is 6.17 Å². The number of benzene rings is 5. The van der Waals surface area contributed by atoms with Gasteiger partial charge in [-0.2, -0.15) is 0 Å². The molecule has 1 unspecified atom stereocenters. The summed E-state index contributed by atoms with van der Waals surface area (Å²) in [6, 6.07) is 38.2. The fourth-order valence-corrected chi connectivity index (χ4v) is 7.15. The van der Waals surface area contributed by atoms with Gasteiger partial charge in [-0.05, 0) is 52.9 Å². The predicted octanol–water partition coefficient (Wildman–Crippen LogP) is 10.1. The summed E-state index contributed by atoms with van der Waals surface area (Å²) in [5.74, 6) is 0. The Kier molecular flexibility index (Phi) is 4.89. The van der Waals surface area contributed by atoms with Crippen LogP contribution in [0.25, 0.3) is 76.9 Å². The summed E-state index contributed by atoms with van der Waals surface area (Å²) in [6.07, 6.45) is 4.22. The molecule has 0 fully saturated rings. The number of pyridine rings is 2. The number of rotatable bonds is 3. The number of furan rings is 1. The third-order valence-electron chi connectivity index (χ3n) is 9.12. The maximum absolute atomic E-state index is 16.6. The Hall–Kier alpha value is -6.01. The Labute approximate surface area is 255 Å². The van der Waals surface area contributed by atoms with Crippen molar-refractivity contribution in [2.24, 2.45) is 0 Å². The molecule has 1 atom stereocenters. The zero-order valence-corrected chi connectivity index (χ0v) is 23.9. The second kappa shape index (κ2) is 9.00. The Morgan fingerprint density at radius 2 is 1.36 bits per heavy atom. The first-order valence-corrected chi connectivity index (χ1v) is 15.0. The van der Waals surface area contributed by atoms with Crippen molar-refractivity contribution in [3.8, 4) is 5.69 Å². The van der Waals surface area contributed by atoms with Gasteiger partial charge in [0, 0.05) is 50.4 Å². The van der Waals surface area contributed by atoms with Crippen molar-refractivity contribution in [2.75, 3.05) is 0 Å². The minimum atomic E-state index is -1.33. The van der Waals surface area contributed by atoms with E-state index in [4.69, 9.17) is 9.40 Å². The number of hydrogen-bond acceptors (Lipinski definition) is 3. The molecule has 5 aromatic heterocycles. The van der Waals surface area contributed by atoms with Gasteiger partial charge in [0.1, 0.15) is 16.9 Å². The summed E-state index contributed by atoms with van der Waals surface area (Å²) < 4.78 is 26.9. The number of alkyl halides is 1. The van der Waals surface area contributed by atoms with E-state index in [9.17, 15) is 0 Å². The van der Waals surface area contributed by atoms with Gasteiger partial charge < -0.3 is 4.42 Å². The highest BCUT2D eigenvalue weighted by molar-refractivity contribution is 6.26. The van der Waals surface area contributed by atoms with Crippen molar-refractivity contribution in [3.05, 3.63) is 145 Å². The lowest BCUT2D eigenvalue weighted by molar-refractivity contribution is 0.402. The van der Waals surface area contributed by atoms with Gasteiger partial charge in [0.05, 0.1) is 17.2 Å². The second-order valence-electron chi connectivity index (χ2n) is 11.5. The van der Waals surface area contributed by atoms with Crippen LogP contribution in [0.2, 0.25) is 0 Å². The molecule has 212 valence electrons. The summed E-state index contributed by atoms with van der Waals surface area (Å²) in [7, 11) is 0. The van der Waals surface area contributed by atoms with E-state index in [1.54, 1.807) is 12.4 Å². The lowest BCUT2D eigenvalue weighted by Gasteiger charge is -2.14. The number of hydrogen-bond donors (Lipinski definition) is 0. The van der Waals surface area contributed by atoms with Crippen LogP contribution >= 0.6 is 0 Å². The Balaban J connectivity index is 1.16. The van der Waals surface area contributed by atoms with Crippen LogP contribution in [0.1, 0.15) is 17.3 Å². The van der Waals surface area contributed by atoms with E-state index in [1.807, 2.05) is 91.1 Å². The quantitative estimate of drug-likeness (QED) is 0.195. The topological polar surface area (TPSA) is 48.3 Å². The van der Waals surface area contributed by atoms with Crippen LogP contribution in [-0.2, 0) is 0 Å². The number of para-hydroxylation sites is 3. The summed E-state index contributed by atoms with van der Waals surface area (Å²) in [4.78, 5) is 9.54. The average molecular weight is 583 g/mol. The van der Waals surface area contributed by atoms with Gasteiger partial charge in [0.25, 0.3) is 0 Å². The normalized spacial score (nSPS) is 12.9. The van der Waals surface area contributed by atoms with Gasteiger partial charge in [-0.25, -0.2) is 14.4 Å². The molecule has 0 spiro atoms. The van der Waals surface area contributed by atoms with Crippen LogP contribution in [0.4, 0.5) is 4.39 Å². The lowest BCUT2D eigenvalue weighted by atomic mass is 9.98. The largest absolute Gasteiger partial charge is 0.454 e. The van der Waals surface area contributed by atoms with Crippen LogP contribution in [0, 0.1) is 0 Å². The van der Waals surface area contributed by atoms with Crippen molar-refractivity contribution in [1.29, 1.82) is 0 Å². The van der Waals surface area contributed by atoms with Gasteiger partial charge in [-0.15, -0.1) is 0 Å². The lowest BCUT2D eigenvalue weighted by Crippen LogP contribution is -2.00. The molecule has 5 nitrogen and oxygen atoms in total. The molecule has 10 rings (SSSR count). The minimum absolute atomic E-state index is 0.577. The molecule has 0 saturated heterocycles. The molecule has 10 aromatic rings. The number of fused-ring (bicyclic) bond motifs is 13. The standard InChI is InChI=1S/C39H23FN4O/c40-37(24-16-17-26-27-10-1-4-13-31(27)43-19-18-41-38(43)30(26)21-24)23-8-7-9-25(20-23)44-32-14-5-2-11-28(32)36-35-29-12-3-6-15-33(29)45-34(35)22-42-39(36)44/h1-22,37H. The highest BCUT2D eigenvalue weighted by Crippen LogP contribution is 2.41. The summed E-state index contributed by atoms with van der Waals surface area (Å²) in [5, 5.41) is 7.29. The molecule has 0 radical (unpaired) electrons. The Morgan fingerprint density at radius 1 is 0.578 bits per heavy atom. The van der Waals surface area contributed by atoms with Gasteiger partial charge in [-0.3, -0.25) is 8.97 Å². The monoisotopic (exact) mass is 582 g/mol. The zero-order chi connectivity index (χ0) is 29.6. The molecular formula is C39H23FN4O. The van der Waals surface area contributed by atoms with Gasteiger partial charge in [-0.1, -0.05) is 78.9 Å². The van der Waals surface area contributed by atoms with Gasteiger partial charge >= 0.3 is 0 Å². The fourth-order valence-electron chi connectivity index (χ4n) is 7.15. The van der Waals surface area contributed by atoms with Crippen molar-refractivity contribution in [3.63, 3.8) is 0 Å². The second-order valence-corrected chi connectivity index (χ2v) is 11.5. The van der Waals surface area contributed by atoms with Crippen molar-refractivity contribution in [1.82, 2.24) is 18.9 Å². The molecule has 0 bridgehead atoms. The minimum Gasteiger partial charge on any atom is -0.454 e. The molecule has 0 aliphatic rings. The summed E-state index contributed by atoms with van der Waals surface area (Å²) in [5.41, 5.74) is 7.31. The van der Waals surface area contributed by atoms with Crippen LogP contribution in [-0.4, -0.2) is 18.9 Å². The molecule has 0 aliphatic carbocycles. The number of nitrogens with zero attached hydrogens (tertiary/aromatic N) is 4. The van der Waals surface area contributed by atoms with E-state index in [2.05, 4.69) is 44.3 Å². The van der Waals surface area contributed by atoms with Gasteiger partial charge in [0.15, 0.2) is 11.8 Å². The average Bonchev–Trinajstić information content (AvgIpc) is 3.82. The van der Waals surface area contributed by atoms with E-state index in [1.165, 1.54) is 0 Å². The summed E-state index contributed by atoms with van der Waals surface area (Å²) >= 11 is 0. The first-order valence-electron chi connectivity index (χ1n) is 15.0. The third-order valence-corrected chi connectivity index (χ3v) is 9.12. The van der Waals surface area contributed by atoms with Crippen molar-refractivity contribution >= 4 is 71.2 Å². The van der Waals surface area contributed by atoms with Crippen LogP contribution in [0.15, 0.2) is 138 Å². The van der Waals surface area contributed by atoms with E-state index in [0.717, 1.165) is 76.9 Å². The van der Waals surface area contributed by atoms with E-state index in [-0.39, 0.29) is 0 Å². The Bertz CT molecular complexity index is 2810. The van der Waals surface area contributed by atoms with E-state index in [0.29, 0.717) is 11.1 Å². The molecule has 45 heavy (non-hydrogen) atoms. The molecule has 5 aromatic carbocycles. The fraction of sp³-hybridized carbons (Fsp3) is 0.0256. The maximum atomic E-state index is 16.6. The molecule has 0 aliphatic heterocycles. The SMILES string of the molecule is FC(c1cccc(-n2c3ccccc3c3c4c(cnc32)oc2ccccc24)c1)c1ccc2c3ccccc3n3ccnc3c2c1. The van der Waals surface area contributed by atoms with Crippen molar-refractivity contribution < 1.29 is 8.81 Å². The molecular weight excluding hydrogens is 559 g/mol. The highest BCUT2D eigenvalue weighted by Gasteiger charge is 2.21. The Morgan fingerprint density at radius 3 is 2.27 bits per heavy atom. The highest BCUT2D eigenvalue weighted by atomic mass is 19.1. The van der Waals surface area contributed by atoms with Crippen LogP contribution in [0.3, 0.4) is 0 Å². The van der Waals surface area contributed by atoms with E-state index < -0.39 is 6.17 Å². The first-order chi connectivity index (χ1) is 22.2. The zero-order valence-electron chi connectivity index (χ0n) is 23.9. The first kappa shape index (κ1) is 24.4. The number of halogens is 1. The molecule has 0 saturated carbocycles. The van der Waals surface area contributed by atoms with Crippen LogP contribution < -0.4 is 0 Å². The number of aromatic nitrogens is 4. The third kappa shape index (κ3) is 3.36. The molecule has 0 amide bonds. The summed E-state index contributed by atoms with van der Waals surface area (Å²) in [6.45, 7) is 0. The number of imidazole rings is 1.